The minimum atomic E-state index is -0.514. The maximum absolute atomic E-state index is 12.5. The molecule has 0 aliphatic carbocycles. The zero-order valence-corrected chi connectivity index (χ0v) is 12.8. The van der Waals surface area contributed by atoms with Crippen LogP contribution in [0, 0.1) is 6.92 Å². The topological polar surface area (TPSA) is 32.3 Å². The lowest BCUT2D eigenvalue weighted by atomic mass is 10.0. The zero-order chi connectivity index (χ0) is 14.5. The van der Waals surface area contributed by atoms with Crippen LogP contribution < -0.4 is 5.32 Å². The first-order valence-corrected chi connectivity index (χ1v) is 6.94. The highest BCUT2D eigenvalue weighted by atomic mass is 16.2. The highest BCUT2D eigenvalue weighted by molar-refractivity contribution is 5.85. The van der Waals surface area contributed by atoms with Crippen molar-refractivity contribution in [2.75, 3.05) is 13.6 Å². The summed E-state index contributed by atoms with van der Waals surface area (Å²) in [6.07, 6.45) is 0.970. The summed E-state index contributed by atoms with van der Waals surface area (Å²) in [5, 5.41) is 3.08. The third-order valence-electron chi connectivity index (χ3n) is 3.43. The first kappa shape index (κ1) is 15.7. The number of nitrogens with one attached hydrogen (secondary N) is 1. The van der Waals surface area contributed by atoms with Gasteiger partial charge in [0.2, 0.25) is 5.91 Å². The molecular formula is C16H26N2O. The molecule has 3 heteroatoms. The first-order valence-electron chi connectivity index (χ1n) is 6.94. The van der Waals surface area contributed by atoms with Gasteiger partial charge < -0.3 is 10.2 Å². The van der Waals surface area contributed by atoms with Crippen LogP contribution in [0.25, 0.3) is 0 Å². The zero-order valence-electron chi connectivity index (χ0n) is 12.8. The van der Waals surface area contributed by atoms with Crippen molar-refractivity contribution in [1.82, 2.24) is 10.2 Å². The van der Waals surface area contributed by atoms with E-state index in [9.17, 15) is 4.79 Å². The number of hydrogen-bond donors (Lipinski definition) is 1. The van der Waals surface area contributed by atoms with Crippen LogP contribution in [0.5, 0.6) is 0 Å². The van der Waals surface area contributed by atoms with Gasteiger partial charge >= 0.3 is 0 Å². The van der Waals surface area contributed by atoms with Gasteiger partial charge in [0.1, 0.15) is 0 Å². The Morgan fingerprint density at radius 1 is 1.26 bits per heavy atom. The average molecular weight is 262 g/mol. The van der Waals surface area contributed by atoms with Gasteiger partial charge in [-0.3, -0.25) is 4.79 Å². The Bertz CT molecular complexity index is 409. The maximum Gasteiger partial charge on any atom is 0.242 e. The number of carbonyl (C=O) groups is 1. The highest BCUT2D eigenvalue weighted by Gasteiger charge is 2.29. The molecule has 0 heterocycles. The quantitative estimate of drug-likeness (QED) is 0.855. The van der Waals surface area contributed by atoms with E-state index in [-0.39, 0.29) is 5.91 Å². The van der Waals surface area contributed by atoms with E-state index in [1.807, 2.05) is 25.8 Å². The summed E-state index contributed by atoms with van der Waals surface area (Å²) in [6.45, 7) is 9.49. The second-order valence-electron chi connectivity index (χ2n) is 5.59. The number of carbonyl (C=O) groups excluding carboxylic acids is 1. The van der Waals surface area contributed by atoms with Crippen molar-refractivity contribution in [3.05, 3.63) is 35.4 Å². The van der Waals surface area contributed by atoms with Crippen molar-refractivity contribution < 1.29 is 4.79 Å². The molecule has 19 heavy (non-hydrogen) atoms. The summed E-state index contributed by atoms with van der Waals surface area (Å²) < 4.78 is 0. The first-order chi connectivity index (χ1) is 8.90. The molecule has 0 radical (unpaired) electrons. The summed E-state index contributed by atoms with van der Waals surface area (Å²) in [6, 6.07) is 8.37. The molecule has 0 aliphatic rings. The molecule has 0 aromatic heterocycles. The van der Waals surface area contributed by atoms with Crippen LogP contribution in [0.4, 0.5) is 0 Å². The van der Waals surface area contributed by atoms with Crippen LogP contribution in [0.15, 0.2) is 24.3 Å². The third kappa shape index (κ3) is 4.35. The van der Waals surface area contributed by atoms with Crippen molar-refractivity contribution in [1.29, 1.82) is 0 Å². The molecule has 0 saturated heterocycles. The summed E-state index contributed by atoms with van der Waals surface area (Å²) in [5.74, 6) is 0.150. The molecule has 0 spiro atoms. The maximum atomic E-state index is 12.5. The number of benzene rings is 1. The number of nitrogens with zero attached hydrogens (tertiary/aromatic N) is 1. The summed E-state index contributed by atoms with van der Waals surface area (Å²) in [7, 11) is 1.83. The Kier molecular flexibility index (Phi) is 5.55. The Labute approximate surface area is 117 Å². The second-order valence-corrected chi connectivity index (χ2v) is 5.59. The minimum Gasteiger partial charge on any atom is -0.337 e. The standard InChI is InChI=1S/C16H26N2O/c1-6-11-18(15(19)16(3,4)17-5)12-14-9-7-13(2)8-10-14/h7-10,17H,6,11-12H2,1-5H3. The van der Waals surface area contributed by atoms with Gasteiger partial charge in [0, 0.05) is 13.1 Å². The number of likely N-dealkylation sites (N-methyl/N-ethyl adjacent to an activating group) is 1. The third-order valence-corrected chi connectivity index (χ3v) is 3.43. The van der Waals surface area contributed by atoms with E-state index in [1.54, 1.807) is 0 Å². The molecule has 1 N–H and O–H groups in total. The Morgan fingerprint density at radius 2 is 1.84 bits per heavy atom. The lowest BCUT2D eigenvalue weighted by Gasteiger charge is -2.31. The molecule has 0 atom stereocenters. The molecule has 0 bridgehead atoms. The van der Waals surface area contributed by atoms with Crippen LogP contribution >= 0.6 is 0 Å². The smallest absolute Gasteiger partial charge is 0.242 e. The Morgan fingerprint density at radius 3 is 2.32 bits per heavy atom. The fraction of sp³-hybridized carbons (Fsp3) is 0.562. The van der Waals surface area contributed by atoms with Gasteiger partial charge in [0.05, 0.1) is 5.54 Å². The Hall–Kier alpha value is -1.35. The largest absolute Gasteiger partial charge is 0.337 e. The summed E-state index contributed by atoms with van der Waals surface area (Å²) >= 11 is 0. The monoisotopic (exact) mass is 262 g/mol. The molecular weight excluding hydrogens is 236 g/mol. The van der Waals surface area contributed by atoms with Crippen LogP contribution in [-0.4, -0.2) is 29.9 Å². The van der Waals surface area contributed by atoms with Crippen LogP contribution in [0.1, 0.15) is 38.3 Å². The molecule has 106 valence electrons. The number of rotatable bonds is 6. The molecule has 1 aromatic carbocycles. The normalized spacial score (nSPS) is 11.4. The number of amides is 1. The number of hydrogen-bond acceptors (Lipinski definition) is 2. The van der Waals surface area contributed by atoms with E-state index < -0.39 is 5.54 Å². The molecule has 1 amide bonds. The van der Waals surface area contributed by atoms with Crippen LogP contribution in [0.2, 0.25) is 0 Å². The van der Waals surface area contributed by atoms with Crippen molar-refractivity contribution in [2.24, 2.45) is 0 Å². The SMILES string of the molecule is CCCN(Cc1ccc(C)cc1)C(=O)C(C)(C)NC. The molecule has 1 rings (SSSR count). The average Bonchev–Trinajstić information content (AvgIpc) is 2.40. The van der Waals surface area contributed by atoms with E-state index in [0.29, 0.717) is 6.54 Å². The Balaban J connectivity index is 2.83. The minimum absolute atomic E-state index is 0.150. The van der Waals surface area contributed by atoms with E-state index in [4.69, 9.17) is 0 Å². The lowest BCUT2D eigenvalue weighted by molar-refractivity contribution is -0.137. The fourth-order valence-corrected chi connectivity index (χ4v) is 1.94. The van der Waals surface area contributed by atoms with E-state index >= 15 is 0 Å². The van der Waals surface area contributed by atoms with Gasteiger partial charge in [-0.15, -0.1) is 0 Å². The van der Waals surface area contributed by atoms with Gasteiger partial charge in [0.25, 0.3) is 0 Å². The van der Waals surface area contributed by atoms with Gasteiger partial charge in [0.15, 0.2) is 0 Å². The predicted octanol–water partition coefficient (Wildman–Crippen LogP) is 2.73. The van der Waals surface area contributed by atoms with Crippen molar-refractivity contribution in [3.63, 3.8) is 0 Å². The van der Waals surface area contributed by atoms with E-state index in [0.717, 1.165) is 13.0 Å². The molecule has 0 aliphatic heterocycles. The molecule has 3 nitrogen and oxygen atoms in total. The highest BCUT2D eigenvalue weighted by Crippen LogP contribution is 2.13. The summed E-state index contributed by atoms with van der Waals surface area (Å²) in [5.41, 5.74) is 1.91. The van der Waals surface area contributed by atoms with E-state index in [1.165, 1.54) is 11.1 Å². The molecule has 0 fully saturated rings. The summed E-state index contributed by atoms with van der Waals surface area (Å²) in [4.78, 5) is 14.5. The van der Waals surface area contributed by atoms with Gasteiger partial charge in [-0.25, -0.2) is 0 Å². The number of aryl methyl sites for hydroxylation is 1. The van der Waals surface area contributed by atoms with Gasteiger partial charge in [-0.2, -0.15) is 0 Å². The molecule has 0 unspecified atom stereocenters. The van der Waals surface area contributed by atoms with Crippen LogP contribution in [0.3, 0.4) is 0 Å². The van der Waals surface area contributed by atoms with Crippen molar-refractivity contribution in [2.45, 2.75) is 46.2 Å². The van der Waals surface area contributed by atoms with E-state index in [2.05, 4.69) is 43.4 Å². The van der Waals surface area contributed by atoms with Crippen molar-refractivity contribution in [3.8, 4) is 0 Å². The molecule has 1 aromatic rings. The predicted molar refractivity (Wildman–Crippen MR) is 80.0 cm³/mol. The molecule has 0 saturated carbocycles. The van der Waals surface area contributed by atoms with Crippen molar-refractivity contribution >= 4 is 5.91 Å². The lowest BCUT2D eigenvalue weighted by Crippen LogP contribution is -2.52. The van der Waals surface area contributed by atoms with Gasteiger partial charge in [-0.1, -0.05) is 36.8 Å². The van der Waals surface area contributed by atoms with Gasteiger partial charge in [-0.05, 0) is 39.8 Å². The van der Waals surface area contributed by atoms with Crippen LogP contribution in [-0.2, 0) is 11.3 Å². The second kappa shape index (κ2) is 6.71. The fourth-order valence-electron chi connectivity index (χ4n) is 1.94.